The number of nitrogens with one attached hydrogen (secondary N) is 1. The van der Waals surface area contributed by atoms with Crippen molar-refractivity contribution >= 4 is 33.4 Å². The highest BCUT2D eigenvalue weighted by Crippen LogP contribution is 2.23. The van der Waals surface area contributed by atoms with Gasteiger partial charge >= 0.3 is 0 Å². The van der Waals surface area contributed by atoms with Crippen molar-refractivity contribution in [3.8, 4) is 5.75 Å². The molecule has 0 aliphatic heterocycles. The summed E-state index contributed by atoms with van der Waals surface area (Å²) < 4.78 is 0. The molecular weight excluding hydrogens is 305 g/mol. The van der Waals surface area contributed by atoms with E-state index >= 15 is 0 Å². The highest BCUT2D eigenvalue weighted by atomic mass is 79.9. The first kappa shape index (κ1) is 14.3. The Labute approximate surface area is 114 Å². The minimum absolute atomic E-state index is 0.0173. The molecule has 0 aliphatic carbocycles. The Morgan fingerprint density at radius 2 is 2.29 bits per heavy atom. The van der Waals surface area contributed by atoms with E-state index in [-0.39, 0.29) is 16.7 Å². The fourth-order valence-corrected chi connectivity index (χ4v) is 1.84. The number of aromatic hydroxyl groups is 1. The van der Waals surface area contributed by atoms with Crippen LogP contribution < -0.4 is 5.32 Å². The molecule has 17 heavy (non-hydrogen) atoms. The number of hydrogen-bond donors (Lipinski definition) is 2. The number of phenolic OH excluding ortho intramolecular Hbond substituents is 1. The third kappa shape index (κ3) is 4.96. The first-order valence-electron chi connectivity index (χ1n) is 5.41. The molecular formula is C12H15BrClNO2. The second-order valence-corrected chi connectivity index (χ2v) is 5.82. The van der Waals surface area contributed by atoms with Crippen LogP contribution in [0.15, 0.2) is 18.2 Å². The van der Waals surface area contributed by atoms with E-state index in [4.69, 9.17) is 11.6 Å². The largest absolute Gasteiger partial charge is 0.506 e. The smallest absolute Gasteiger partial charge is 0.251 e. The number of alkyl halides is 1. The van der Waals surface area contributed by atoms with Gasteiger partial charge in [0.15, 0.2) is 0 Å². The van der Waals surface area contributed by atoms with Gasteiger partial charge in [0, 0.05) is 16.9 Å². The topological polar surface area (TPSA) is 49.3 Å². The van der Waals surface area contributed by atoms with Gasteiger partial charge in [0.2, 0.25) is 0 Å². The Morgan fingerprint density at radius 3 is 2.88 bits per heavy atom. The van der Waals surface area contributed by atoms with Crippen LogP contribution in [0.4, 0.5) is 0 Å². The van der Waals surface area contributed by atoms with Crippen LogP contribution in [0.2, 0.25) is 5.02 Å². The molecule has 5 heteroatoms. The van der Waals surface area contributed by atoms with Crippen molar-refractivity contribution in [2.45, 2.75) is 24.6 Å². The molecule has 0 radical (unpaired) electrons. The van der Waals surface area contributed by atoms with Gasteiger partial charge in [-0.3, -0.25) is 4.79 Å². The lowest BCUT2D eigenvalue weighted by molar-refractivity contribution is 0.0953. The zero-order valence-electron chi connectivity index (χ0n) is 9.54. The predicted octanol–water partition coefficient (Wildman–Crippen LogP) is 3.34. The first-order valence-corrected chi connectivity index (χ1v) is 6.71. The molecule has 1 unspecified atom stereocenters. The van der Waals surface area contributed by atoms with Gasteiger partial charge in [-0.05, 0) is 31.0 Å². The molecule has 0 heterocycles. The van der Waals surface area contributed by atoms with Crippen LogP contribution in [0.1, 0.15) is 30.1 Å². The molecule has 0 aromatic heterocycles. The summed E-state index contributed by atoms with van der Waals surface area (Å²) in [5.41, 5.74) is 0.458. The second kappa shape index (κ2) is 6.87. The van der Waals surface area contributed by atoms with Crippen molar-refractivity contribution in [1.29, 1.82) is 0 Å². The first-order chi connectivity index (χ1) is 8.00. The van der Waals surface area contributed by atoms with Crippen LogP contribution in [-0.4, -0.2) is 22.4 Å². The van der Waals surface area contributed by atoms with Crippen molar-refractivity contribution in [2.24, 2.45) is 0 Å². The van der Waals surface area contributed by atoms with E-state index in [2.05, 4.69) is 28.2 Å². The average molecular weight is 321 g/mol. The van der Waals surface area contributed by atoms with Gasteiger partial charge in [-0.25, -0.2) is 0 Å². The van der Waals surface area contributed by atoms with E-state index in [9.17, 15) is 9.90 Å². The maximum absolute atomic E-state index is 11.7. The van der Waals surface area contributed by atoms with Crippen molar-refractivity contribution < 1.29 is 9.90 Å². The van der Waals surface area contributed by atoms with Crippen molar-refractivity contribution in [1.82, 2.24) is 5.32 Å². The minimum atomic E-state index is -0.172. The molecule has 3 nitrogen and oxygen atoms in total. The summed E-state index contributed by atoms with van der Waals surface area (Å²) in [6, 6.07) is 4.42. The molecule has 1 rings (SSSR count). The van der Waals surface area contributed by atoms with Crippen LogP contribution in [-0.2, 0) is 0 Å². The lowest BCUT2D eigenvalue weighted by Gasteiger charge is -2.07. The van der Waals surface area contributed by atoms with Crippen LogP contribution >= 0.6 is 27.5 Å². The van der Waals surface area contributed by atoms with Crippen LogP contribution in [0, 0.1) is 0 Å². The Bertz CT molecular complexity index is 396. The van der Waals surface area contributed by atoms with Gasteiger partial charge in [0.1, 0.15) is 5.75 Å². The molecule has 0 spiro atoms. The third-order valence-electron chi connectivity index (χ3n) is 2.27. The van der Waals surface area contributed by atoms with Gasteiger partial charge in [0.05, 0.1) is 5.02 Å². The minimum Gasteiger partial charge on any atom is -0.506 e. The van der Waals surface area contributed by atoms with Crippen LogP contribution in [0.25, 0.3) is 0 Å². The highest BCUT2D eigenvalue weighted by molar-refractivity contribution is 9.09. The molecule has 0 fully saturated rings. The van der Waals surface area contributed by atoms with Crippen molar-refractivity contribution in [2.75, 3.05) is 6.54 Å². The van der Waals surface area contributed by atoms with Gasteiger partial charge in [-0.2, -0.15) is 0 Å². The number of rotatable bonds is 5. The summed E-state index contributed by atoms with van der Waals surface area (Å²) in [5.74, 6) is -0.189. The van der Waals surface area contributed by atoms with Gasteiger partial charge < -0.3 is 10.4 Å². The highest BCUT2D eigenvalue weighted by Gasteiger charge is 2.07. The summed E-state index contributed by atoms with van der Waals surface area (Å²) >= 11 is 9.17. The number of phenols is 1. The summed E-state index contributed by atoms with van der Waals surface area (Å²) in [6.07, 6.45) is 1.93. The zero-order chi connectivity index (χ0) is 12.8. The lowest BCUT2D eigenvalue weighted by atomic mass is 10.2. The maximum atomic E-state index is 11.7. The number of carbonyl (C=O) groups excluding carboxylic acids is 1. The summed E-state index contributed by atoms with van der Waals surface area (Å²) in [4.78, 5) is 12.2. The fourth-order valence-electron chi connectivity index (χ4n) is 1.34. The number of halogens is 2. The second-order valence-electron chi connectivity index (χ2n) is 3.85. The molecule has 0 bridgehead atoms. The number of hydrogen-bond acceptors (Lipinski definition) is 2. The lowest BCUT2D eigenvalue weighted by Crippen LogP contribution is -2.24. The van der Waals surface area contributed by atoms with E-state index < -0.39 is 0 Å². The molecule has 1 aromatic rings. The molecule has 0 saturated carbocycles. The zero-order valence-corrected chi connectivity index (χ0v) is 11.9. The van der Waals surface area contributed by atoms with E-state index in [1.54, 1.807) is 6.07 Å². The molecule has 0 saturated heterocycles. The third-order valence-corrected chi connectivity index (χ3v) is 3.03. The normalized spacial score (nSPS) is 12.2. The Balaban J connectivity index is 2.44. The number of amides is 1. The number of benzene rings is 1. The van der Waals surface area contributed by atoms with E-state index in [1.165, 1.54) is 12.1 Å². The van der Waals surface area contributed by atoms with Crippen LogP contribution in [0.3, 0.4) is 0 Å². The summed E-state index contributed by atoms with van der Waals surface area (Å²) in [7, 11) is 0. The number of carbonyl (C=O) groups is 1. The fraction of sp³-hybridized carbons (Fsp3) is 0.417. The van der Waals surface area contributed by atoms with E-state index in [0.717, 1.165) is 12.8 Å². The quantitative estimate of drug-likeness (QED) is 0.646. The SMILES string of the molecule is CC(Br)CCCNC(=O)c1ccc(O)c(Cl)c1. The Morgan fingerprint density at radius 1 is 1.59 bits per heavy atom. The molecule has 1 atom stereocenters. The summed E-state index contributed by atoms with van der Waals surface area (Å²) in [5, 5.41) is 12.2. The monoisotopic (exact) mass is 319 g/mol. The van der Waals surface area contributed by atoms with Gasteiger partial charge in [-0.15, -0.1) is 0 Å². The molecule has 0 aliphatic rings. The Kier molecular flexibility index (Phi) is 5.78. The molecule has 94 valence electrons. The van der Waals surface area contributed by atoms with Crippen molar-refractivity contribution in [3.05, 3.63) is 28.8 Å². The standard InChI is InChI=1S/C12H15BrClNO2/c1-8(13)3-2-6-15-12(17)9-4-5-11(16)10(14)7-9/h4-5,7-8,16H,2-3,6H2,1H3,(H,15,17). The molecule has 1 aromatic carbocycles. The maximum Gasteiger partial charge on any atom is 0.251 e. The molecule has 1 amide bonds. The van der Waals surface area contributed by atoms with E-state index in [1.807, 2.05) is 0 Å². The molecule has 2 N–H and O–H groups in total. The van der Waals surface area contributed by atoms with E-state index in [0.29, 0.717) is 16.9 Å². The van der Waals surface area contributed by atoms with Crippen molar-refractivity contribution in [3.63, 3.8) is 0 Å². The van der Waals surface area contributed by atoms with Gasteiger partial charge in [-0.1, -0.05) is 34.5 Å². The summed E-state index contributed by atoms with van der Waals surface area (Å²) in [6.45, 7) is 2.70. The average Bonchev–Trinajstić information content (AvgIpc) is 2.27. The van der Waals surface area contributed by atoms with Crippen LogP contribution in [0.5, 0.6) is 5.75 Å². The Hall–Kier alpha value is -0.740. The predicted molar refractivity (Wildman–Crippen MR) is 73.1 cm³/mol. The van der Waals surface area contributed by atoms with Gasteiger partial charge in [0.25, 0.3) is 5.91 Å².